The van der Waals surface area contributed by atoms with Crippen LogP contribution in [-0.2, 0) is 0 Å². The van der Waals surface area contributed by atoms with Gasteiger partial charge in [-0.3, -0.25) is 9.59 Å². The molecule has 0 saturated carbocycles. The fourth-order valence-corrected chi connectivity index (χ4v) is 3.14. The van der Waals surface area contributed by atoms with E-state index in [0.29, 0.717) is 32.5 Å². The minimum atomic E-state index is -0.165. The third-order valence-electron chi connectivity index (χ3n) is 3.25. The number of ketones is 2. The number of halogens is 2. The van der Waals surface area contributed by atoms with Gasteiger partial charge in [0.1, 0.15) is 5.75 Å². The van der Waals surface area contributed by atoms with Gasteiger partial charge in [-0.25, -0.2) is 0 Å². The molecule has 0 heterocycles. The Hall–Kier alpha value is -1.46. The molecule has 0 unspecified atom stereocenters. The van der Waals surface area contributed by atoms with Gasteiger partial charge in [0.25, 0.3) is 0 Å². The first-order chi connectivity index (χ1) is 9.52. The van der Waals surface area contributed by atoms with E-state index < -0.39 is 0 Å². The first kappa shape index (κ1) is 13.5. The van der Waals surface area contributed by atoms with Crippen molar-refractivity contribution >= 4 is 43.4 Å². The highest BCUT2D eigenvalue weighted by molar-refractivity contribution is 9.10. The van der Waals surface area contributed by atoms with E-state index in [9.17, 15) is 9.59 Å². The van der Waals surface area contributed by atoms with Gasteiger partial charge in [0.15, 0.2) is 11.6 Å². The number of carbonyl (C=O) groups excluding carboxylic acids is 2. The predicted molar refractivity (Wildman–Crippen MR) is 81.7 cm³/mol. The van der Waals surface area contributed by atoms with E-state index in [1.807, 2.05) is 0 Å². The Balaban J connectivity index is 2.29. The number of hydrogen-bond acceptors (Lipinski definition) is 3. The molecule has 1 aliphatic carbocycles. The lowest BCUT2D eigenvalue weighted by atomic mass is 9.84. The van der Waals surface area contributed by atoms with Gasteiger partial charge in [0.2, 0.25) is 0 Å². The largest absolute Gasteiger partial charge is 0.496 e. The fourth-order valence-electron chi connectivity index (χ4n) is 2.28. The van der Waals surface area contributed by atoms with Crippen molar-refractivity contribution in [2.75, 3.05) is 7.11 Å². The summed E-state index contributed by atoms with van der Waals surface area (Å²) in [6, 6.07) is 8.34. The van der Waals surface area contributed by atoms with Gasteiger partial charge in [-0.05, 0) is 46.3 Å². The van der Waals surface area contributed by atoms with Crippen LogP contribution < -0.4 is 4.74 Å². The second-order valence-electron chi connectivity index (χ2n) is 4.38. The molecule has 2 aromatic rings. The number of ether oxygens (including phenoxy) is 1. The van der Waals surface area contributed by atoms with Crippen molar-refractivity contribution in [2.45, 2.75) is 0 Å². The molecule has 2 aromatic carbocycles. The number of benzene rings is 2. The highest BCUT2D eigenvalue weighted by atomic mass is 79.9. The second-order valence-corrected chi connectivity index (χ2v) is 6.15. The molecule has 0 atom stereocenters. The lowest BCUT2D eigenvalue weighted by molar-refractivity contribution is 0.0978. The SMILES string of the molecule is COc1cc2c(cc1Br)C(=O)c1ccc(Br)cc1C2=O. The number of rotatable bonds is 1. The lowest BCUT2D eigenvalue weighted by Crippen LogP contribution is -2.21. The summed E-state index contributed by atoms with van der Waals surface area (Å²) in [5, 5.41) is 0. The van der Waals surface area contributed by atoms with E-state index in [0.717, 1.165) is 4.47 Å². The van der Waals surface area contributed by atoms with Crippen LogP contribution in [-0.4, -0.2) is 18.7 Å². The Morgan fingerprint density at radius 3 is 2.15 bits per heavy atom. The average molecular weight is 396 g/mol. The molecule has 0 bridgehead atoms. The zero-order valence-corrected chi connectivity index (χ0v) is 13.5. The molecule has 5 heteroatoms. The topological polar surface area (TPSA) is 43.4 Å². The standard InChI is InChI=1S/C15H8Br2O3/c1-20-13-6-11-10(5-12(13)17)14(18)8-3-2-7(16)4-9(8)15(11)19/h2-6H,1H3. The third kappa shape index (κ3) is 1.93. The van der Waals surface area contributed by atoms with E-state index in [1.165, 1.54) is 7.11 Å². The van der Waals surface area contributed by atoms with Gasteiger partial charge in [-0.2, -0.15) is 0 Å². The maximum Gasteiger partial charge on any atom is 0.194 e. The van der Waals surface area contributed by atoms with Crippen molar-refractivity contribution in [1.29, 1.82) is 0 Å². The number of methoxy groups -OCH3 is 1. The zero-order valence-electron chi connectivity index (χ0n) is 10.4. The van der Waals surface area contributed by atoms with Crippen molar-refractivity contribution in [3.63, 3.8) is 0 Å². The van der Waals surface area contributed by atoms with E-state index in [1.54, 1.807) is 30.3 Å². The van der Waals surface area contributed by atoms with Gasteiger partial charge in [0, 0.05) is 26.7 Å². The van der Waals surface area contributed by atoms with Crippen molar-refractivity contribution in [1.82, 2.24) is 0 Å². The van der Waals surface area contributed by atoms with E-state index in [2.05, 4.69) is 31.9 Å². The molecular weight excluding hydrogens is 388 g/mol. The van der Waals surface area contributed by atoms with Crippen LogP contribution in [0.3, 0.4) is 0 Å². The van der Waals surface area contributed by atoms with Crippen molar-refractivity contribution in [2.24, 2.45) is 0 Å². The minimum Gasteiger partial charge on any atom is -0.496 e. The molecule has 100 valence electrons. The Morgan fingerprint density at radius 1 is 0.850 bits per heavy atom. The van der Waals surface area contributed by atoms with Crippen LogP contribution in [0.4, 0.5) is 0 Å². The molecule has 0 radical (unpaired) electrons. The summed E-state index contributed by atoms with van der Waals surface area (Å²) in [7, 11) is 1.52. The zero-order chi connectivity index (χ0) is 14.4. The molecule has 0 N–H and O–H groups in total. The van der Waals surface area contributed by atoms with Crippen molar-refractivity contribution in [3.8, 4) is 5.75 Å². The lowest BCUT2D eigenvalue weighted by Gasteiger charge is -2.19. The van der Waals surface area contributed by atoms with Crippen molar-refractivity contribution in [3.05, 3.63) is 61.5 Å². The quantitative estimate of drug-likeness (QED) is 0.625. The Labute approximate surface area is 132 Å². The van der Waals surface area contributed by atoms with E-state index >= 15 is 0 Å². The summed E-state index contributed by atoms with van der Waals surface area (Å²) in [6.07, 6.45) is 0. The monoisotopic (exact) mass is 394 g/mol. The number of hydrogen-bond donors (Lipinski definition) is 0. The highest BCUT2D eigenvalue weighted by Gasteiger charge is 2.30. The Morgan fingerprint density at radius 2 is 1.45 bits per heavy atom. The number of fused-ring (bicyclic) bond motifs is 2. The van der Waals surface area contributed by atoms with Crippen LogP contribution in [0.2, 0.25) is 0 Å². The van der Waals surface area contributed by atoms with Crippen LogP contribution in [0.1, 0.15) is 31.8 Å². The van der Waals surface area contributed by atoms with Crippen molar-refractivity contribution < 1.29 is 14.3 Å². The molecule has 20 heavy (non-hydrogen) atoms. The second kappa shape index (κ2) is 4.82. The number of carbonyl (C=O) groups is 2. The molecule has 0 aromatic heterocycles. The molecule has 0 fully saturated rings. The molecule has 0 amide bonds. The summed E-state index contributed by atoms with van der Waals surface area (Å²) >= 11 is 6.66. The maximum atomic E-state index is 12.5. The van der Waals surface area contributed by atoms with Crippen LogP contribution >= 0.6 is 31.9 Å². The van der Waals surface area contributed by atoms with Crippen LogP contribution in [0, 0.1) is 0 Å². The van der Waals surface area contributed by atoms with Crippen LogP contribution in [0.25, 0.3) is 0 Å². The molecular formula is C15H8Br2O3. The van der Waals surface area contributed by atoms with E-state index in [-0.39, 0.29) is 11.6 Å². The van der Waals surface area contributed by atoms with E-state index in [4.69, 9.17) is 4.74 Å². The molecule has 3 rings (SSSR count). The Bertz CT molecular complexity index is 766. The molecule has 0 aliphatic heterocycles. The smallest absolute Gasteiger partial charge is 0.194 e. The normalized spacial score (nSPS) is 12.9. The van der Waals surface area contributed by atoms with Crippen LogP contribution in [0.5, 0.6) is 5.75 Å². The van der Waals surface area contributed by atoms with Gasteiger partial charge < -0.3 is 4.74 Å². The van der Waals surface area contributed by atoms with Gasteiger partial charge in [-0.1, -0.05) is 15.9 Å². The predicted octanol–water partition coefficient (Wildman–Crippen LogP) is 4.00. The molecule has 0 saturated heterocycles. The fraction of sp³-hybridized carbons (Fsp3) is 0.0667. The highest BCUT2D eigenvalue weighted by Crippen LogP contribution is 2.35. The summed E-state index contributed by atoms with van der Waals surface area (Å²) in [5.41, 5.74) is 1.63. The summed E-state index contributed by atoms with van der Waals surface area (Å²) in [6.45, 7) is 0. The summed E-state index contributed by atoms with van der Waals surface area (Å²) in [5.74, 6) is 0.218. The summed E-state index contributed by atoms with van der Waals surface area (Å²) < 4.78 is 6.61. The molecule has 3 nitrogen and oxygen atoms in total. The Kier molecular flexibility index (Phi) is 3.26. The van der Waals surface area contributed by atoms with Gasteiger partial charge in [0.05, 0.1) is 11.6 Å². The minimum absolute atomic E-state index is 0.148. The average Bonchev–Trinajstić information content (AvgIpc) is 2.44. The maximum absolute atomic E-state index is 12.5. The molecule has 0 spiro atoms. The third-order valence-corrected chi connectivity index (χ3v) is 4.37. The van der Waals surface area contributed by atoms with Gasteiger partial charge >= 0.3 is 0 Å². The first-order valence-corrected chi connectivity index (χ1v) is 7.38. The van der Waals surface area contributed by atoms with Crippen LogP contribution in [0.15, 0.2) is 39.3 Å². The molecule has 1 aliphatic rings. The first-order valence-electron chi connectivity index (χ1n) is 5.79. The summed E-state index contributed by atoms with van der Waals surface area (Å²) in [4.78, 5) is 25.0. The van der Waals surface area contributed by atoms with Gasteiger partial charge in [-0.15, -0.1) is 0 Å².